The minimum Gasteiger partial charge on any atom is -0.392 e. The lowest BCUT2D eigenvalue weighted by molar-refractivity contribution is -0.124. The number of halogens is 1. The maximum absolute atomic E-state index is 13.6. The third-order valence-corrected chi connectivity index (χ3v) is 3.67. The molecule has 22 heavy (non-hydrogen) atoms. The van der Waals surface area contributed by atoms with E-state index in [9.17, 15) is 14.3 Å². The Morgan fingerprint density at radius 3 is 2.32 bits per heavy atom. The van der Waals surface area contributed by atoms with Crippen molar-refractivity contribution in [1.82, 2.24) is 5.32 Å². The fraction of sp³-hybridized carbons (Fsp3) is 0.278. The average Bonchev–Trinajstić information content (AvgIpc) is 2.54. The number of benzene rings is 2. The Labute approximate surface area is 129 Å². The fourth-order valence-corrected chi connectivity index (χ4v) is 2.33. The van der Waals surface area contributed by atoms with Gasteiger partial charge in [-0.25, -0.2) is 4.39 Å². The SMILES string of the molecule is CC(Cc1ccccc1F)C(=O)NCc1ccccc1CO. The zero-order chi connectivity index (χ0) is 15.9. The second kappa shape index (κ2) is 7.71. The number of hydrogen-bond donors (Lipinski definition) is 2. The van der Waals surface area contributed by atoms with Gasteiger partial charge in [0.05, 0.1) is 6.61 Å². The predicted molar refractivity (Wildman–Crippen MR) is 83.5 cm³/mol. The third kappa shape index (κ3) is 4.15. The van der Waals surface area contributed by atoms with Crippen LogP contribution in [0.25, 0.3) is 0 Å². The highest BCUT2D eigenvalue weighted by Gasteiger charge is 2.15. The van der Waals surface area contributed by atoms with Crippen molar-refractivity contribution in [1.29, 1.82) is 0 Å². The van der Waals surface area contributed by atoms with Gasteiger partial charge in [-0.2, -0.15) is 0 Å². The van der Waals surface area contributed by atoms with Crippen LogP contribution in [-0.4, -0.2) is 11.0 Å². The smallest absolute Gasteiger partial charge is 0.223 e. The van der Waals surface area contributed by atoms with Crippen LogP contribution in [0, 0.1) is 11.7 Å². The number of rotatable bonds is 6. The van der Waals surface area contributed by atoms with Crippen molar-refractivity contribution >= 4 is 5.91 Å². The molecule has 4 heteroatoms. The molecule has 116 valence electrons. The second-order valence-electron chi connectivity index (χ2n) is 5.34. The molecule has 1 amide bonds. The number of aliphatic hydroxyl groups excluding tert-OH is 1. The summed E-state index contributed by atoms with van der Waals surface area (Å²) < 4.78 is 13.6. The normalized spacial score (nSPS) is 12.0. The van der Waals surface area contributed by atoms with Crippen LogP contribution in [0.4, 0.5) is 4.39 Å². The summed E-state index contributed by atoms with van der Waals surface area (Å²) in [7, 11) is 0. The van der Waals surface area contributed by atoms with E-state index in [4.69, 9.17) is 0 Å². The highest BCUT2D eigenvalue weighted by atomic mass is 19.1. The van der Waals surface area contributed by atoms with E-state index in [-0.39, 0.29) is 24.2 Å². The molecule has 0 fully saturated rings. The van der Waals surface area contributed by atoms with Crippen molar-refractivity contribution in [2.45, 2.75) is 26.5 Å². The van der Waals surface area contributed by atoms with Crippen LogP contribution < -0.4 is 5.32 Å². The van der Waals surface area contributed by atoms with Gasteiger partial charge in [-0.05, 0) is 29.2 Å². The van der Waals surface area contributed by atoms with Crippen LogP contribution in [0.5, 0.6) is 0 Å². The quantitative estimate of drug-likeness (QED) is 0.862. The molecule has 0 radical (unpaired) electrons. The predicted octanol–water partition coefficient (Wildman–Crippen LogP) is 2.81. The molecule has 3 nitrogen and oxygen atoms in total. The summed E-state index contributed by atoms with van der Waals surface area (Å²) in [5.74, 6) is -0.734. The molecule has 2 aromatic rings. The van der Waals surface area contributed by atoms with Gasteiger partial charge in [0.15, 0.2) is 0 Å². The third-order valence-electron chi connectivity index (χ3n) is 3.67. The molecule has 2 rings (SSSR count). The summed E-state index contributed by atoms with van der Waals surface area (Å²) in [6.07, 6.45) is 0.361. The molecule has 0 heterocycles. The molecule has 0 spiro atoms. The topological polar surface area (TPSA) is 49.3 Å². The molecule has 0 aliphatic rings. The van der Waals surface area contributed by atoms with Crippen molar-refractivity contribution in [3.8, 4) is 0 Å². The van der Waals surface area contributed by atoms with Gasteiger partial charge in [0, 0.05) is 12.5 Å². The van der Waals surface area contributed by atoms with Gasteiger partial charge >= 0.3 is 0 Å². The Balaban J connectivity index is 1.93. The van der Waals surface area contributed by atoms with Crippen LogP contribution in [-0.2, 0) is 24.4 Å². The lowest BCUT2D eigenvalue weighted by atomic mass is 9.99. The molecule has 2 N–H and O–H groups in total. The minimum absolute atomic E-state index is 0.0587. The van der Waals surface area contributed by atoms with Gasteiger partial charge < -0.3 is 10.4 Å². The van der Waals surface area contributed by atoms with Crippen molar-refractivity contribution in [2.24, 2.45) is 5.92 Å². The second-order valence-corrected chi connectivity index (χ2v) is 5.34. The van der Waals surface area contributed by atoms with E-state index in [1.54, 1.807) is 25.1 Å². The Hall–Kier alpha value is -2.20. The first-order chi connectivity index (χ1) is 10.6. The monoisotopic (exact) mass is 301 g/mol. The summed E-state index contributed by atoms with van der Waals surface area (Å²) in [5.41, 5.74) is 2.22. The number of carbonyl (C=O) groups excluding carboxylic acids is 1. The molecular weight excluding hydrogens is 281 g/mol. The summed E-state index contributed by atoms with van der Waals surface area (Å²) in [5, 5.41) is 12.1. The lowest BCUT2D eigenvalue weighted by Gasteiger charge is -2.14. The van der Waals surface area contributed by atoms with E-state index in [1.807, 2.05) is 24.3 Å². The Bertz CT molecular complexity index is 642. The van der Waals surface area contributed by atoms with Crippen LogP contribution in [0.1, 0.15) is 23.6 Å². The highest BCUT2D eigenvalue weighted by molar-refractivity contribution is 5.78. The Kier molecular flexibility index (Phi) is 5.67. The lowest BCUT2D eigenvalue weighted by Crippen LogP contribution is -2.30. The molecule has 1 atom stereocenters. The number of amides is 1. The molecular formula is C18H20FNO2. The van der Waals surface area contributed by atoms with Crippen molar-refractivity contribution in [3.63, 3.8) is 0 Å². The zero-order valence-corrected chi connectivity index (χ0v) is 12.6. The summed E-state index contributed by atoms with van der Waals surface area (Å²) >= 11 is 0. The fourth-order valence-electron chi connectivity index (χ4n) is 2.33. The largest absolute Gasteiger partial charge is 0.392 e. The minimum atomic E-state index is -0.321. The zero-order valence-electron chi connectivity index (χ0n) is 12.6. The molecule has 0 saturated carbocycles. The summed E-state index contributed by atoms with van der Waals surface area (Å²) in [4.78, 5) is 12.1. The van der Waals surface area contributed by atoms with Crippen molar-refractivity contribution < 1.29 is 14.3 Å². The average molecular weight is 301 g/mol. The molecule has 0 aliphatic carbocycles. The Morgan fingerprint density at radius 2 is 1.68 bits per heavy atom. The van der Waals surface area contributed by atoms with Crippen LogP contribution >= 0.6 is 0 Å². The standard InChI is InChI=1S/C18H20FNO2/c1-13(10-14-6-4-5-9-17(14)19)18(22)20-11-15-7-2-3-8-16(15)12-21/h2-9,13,21H,10-12H2,1H3,(H,20,22). The summed E-state index contributed by atoms with van der Waals surface area (Å²) in [6.45, 7) is 2.08. The van der Waals surface area contributed by atoms with Gasteiger partial charge in [-0.15, -0.1) is 0 Å². The van der Waals surface area contributed by atoms with Crippen LogP contribution in [0.2, 0.25) is 0 Å². The molecule has 0 aromatic heterocycles. The van der Waals surface area contributed by atoms with E-state index in [1.165, 1.54) is 6.07 Å². The van der Waals surface area contributed by atoms with Gasteiger partial charge in [0.25, 0.3) is 0 Å². The molecule has 0 bridgehead atoms. The van der Waals surface area contributed by atoms with Gasteiger partial charge in [0.2, 0.25) is 5.91 Å². The molecule has 2 aromatic carbocycles. The van der Waals surface area contributed by atoms with E-state index >= 15 is 0 Å². The molecule has 0 aliphatic heterocycles. The Morgan fingerprint density at radius 1 is 1.09 bits per heavy atom. The van der Waals surface area contributed by atoms with Gasteiger partial charge in [0.1, 0.15) is 5.82 Å². The first kappa shape index (κ1) is 16.2. The van der Waals surface area contributed by atoms with Crippen molar-refractivity contribution in [2.75, 3.05) is 0 Å². The molecule has 0 saturated heterocycles. The van der Waals surface area contributed by atoms with E-state index in [0.29, 0.717) is 18.5 Å². The van der Waals surface area contributed by atoms with Crippen molar-refractivity contribution in [3.05, 3.63) is 71.0 Å². The number of nitrogens with one attached hydrogen (secondary N) is 1. The first-order valence-electron chi connectivity index (χ1n) is 7.30. The van der Waals surface area contributed by atoms with Crippen LogP contribution in [0.15, 0.2) is 48.5 Å². The van der Waals surface area contributed by atoms with E-state index < -0.39 is 0 Å². The van der Waals surface area contributed by atoms with Crippen LogP contribution in [0.3, 0.4) is 0 Å². The number of carbonyl (C=O) groups is 1. The highest BCUT2D eigenvalue weighted by Crippen LogP contribution is 2.13. The van der Waals surface area contributed by atoms with Gasteiger partial charge in [-0.1, -0.05) is 49.4 Å². The van der Waals surface area contributed by atoms with Gasteiger partial charge in [-0.3, -0.25) is 4.79 Å². The first-order valence-corrected chi connectivity index (χ1v) is 7.30. The maximum atomic E-state index is 13.6. The van der Waals surface area contributed by atoms with E-state index in [0.717, 1.165) is 11.1 Å². The maximum Gasteiger partial charge on any atom is 0.223 e. The van der Waals surface area contributed by atoms with E-state index in [2.05, 4.69) is 5.32 Å². The molecule has 1 unspecified atom stereocenters. The number of aliphatic hydroxyl groups is 1. The number of hydrogen-bond acceptors (Lipinski definition) is 2. The summed E-state index contributed by atoms with van der Waals surface area (Å²) in [6, 6.07) is 13.9.